The second-order valence-corrected chi connectivity index (χ2v) is 5.72. The van der Waals surface area contributed by atoms with Gasteiger partial charge in [-0.25, -0.2) is 9.07 Å². The normalized spacial score (nSPS) is 13.0. The van der Waals surface area contributed by atoms with E-state index in [2.05, 4.69) is 12.0 Å². The number of nitrogens with zero attached hydrogens (tertiary/aromatic N) is 2. The predicted octanol–water partition coefficient (Wildman–Crippen LogP) is 4.35. The van der Waals surface area contributed by atoms with Crippen LogP contribution in [0.2, 0.25) is 0 Å². The van der Waals surface area contributed by atoms with Crippen molar-refractivity contribution in [1.82, 2.24) is 9.78 Å². The van der Waals surface area contributed by atoms with Crippen molar-refractivity contribution in [3.63, 3.8) is 0 Å². The van der Waals surface area contributed by atoms with E-state index in [1.54, 1.807) is 0 Å². The van der Waals surface area contributed by atoms with Gasteiger partial charge in [-0.15, -0.1) is 0 Å². The molecule has 2 rings (SSSR count). The molecule has 0 aliphatic carbocycles. The Morgan fingerprint density at radius 3 is 2.61 bits per heavy atom. The molecule has 1 aromatic heterocycles. The quantitative estimate of drug-likeness (QED) is 0.768. The topological polar surface area (TPSA) is 60.9 Å². The van der Waals surface area contributed by atoms with Crippen LogP contribution in [0.1, 0.15) is 68.0 Å². The molecule has 0 saturated carbocycles. The zero-order valence-corrected chi connectivity index (χ0v) is 13.2. The average molecular weight is 327 g/mol. The number of halogens is 3. The minimum Gasteiger partial charge on any atom is -0.364 e. The molecule has 0 radical (unpaired) electrons. The average Bonchev–Trinajstić information content (AvgIpc) is 2.86. The molecule has 0 fully saturated rings. The maximum Gasteiger partial charge on any atom is 0.333 e. The molecule has 4 nitrogen and oxygen atoms in total. The summed E-state index contributed by atoms with van der Waals surface area (Å²) in [5, 5.41) is 3.82. The van der Waals surface area contributed by atoms with Gasteiger partial charge in [-0.2, -0.15) is 13.9 Å². The summed E-state index contributed by atoms with van der Waals surface area (Å²) in [5.74, 6) is -1.62. The smallest absolute Gasteiger partial charge is 0.333 e. The van der Waals surface area contributed by atoms with Gasteiger partial charge < -0.3 is 5.73 Å². The van der Waals surface area contributed by atoms with Crippen molar-refractivity contribution in [3.8, 4) is 0 Å². The van der Waals surface area contributed by atoms with Crippen molar-refractivity contribution in [2.75, 3.05) is 0 Å². The molecular weight excluding hydrogens is 307 g/mol. The predicted molar refractivity (Wildman–Crippen MR) is 82.0 cm³/mol. The van der Waals surface area contributed by atoms with Gasteiger partial charge in [0.15, 0.2) is 5.69 Å². The number of benzene rings is 1. The number of aromatic nitrogens is 2. The van der Waals surface area contributed by atoms with Crippen molar-refractivity contribution < 1.29 is 18.0 Å². The third-order valence-electron chi connectivity index (χ3n) is 3.99. The second kappa shape index (κ2) is 7.02. The number of hydrogen-bond donors (Lipinski definition) is 1. The zero-order chi connectivity index (χ0) is 17.1. The number of carbonyl (C=O) groups excluding carboxylic acids is 1. The Morgan fingerprint density at radius 1 is 1.35 bits per heavy atom. The van der Waals surface area contributed by atoms with E-state index in [4.69, 9.17) is 5.73 Å². The number of rotatable bonds is 7. The SMILES string of the molecule is CCCCCC(C)c1cc(F)cc2c1c(C(N)=O)nn2C(F)F. The lowest BCUT2D eigenvalue weighted by atomic mass is 9.91. The fraction of sp³-hybridized carbons (Fsp3) is 0.500. The Balaban J connectivity index is 2.61. The largest absolute Gasteiger partial charge is 0.364 e. The zero-order valence-electron chi connectivity index (χ0n) is 13.2. The van der Waals surface area contributed by atoms with Gasteiger partial charge in [0.1, 0.15) is 5.82 Å². The van der Waals surface area contributed by atoms with Gasteiger partial charge in [0.2, 0.25) is 0 Å². The first-order valence-corrected chi connectivity index (χ1v) is 7.66. The Morgan fingerprint density at radius 2 is 2.04 bits per heavy atom. The maximum absolute atomic E-state index is 13.9. The maximum atomic E-state index is 13.9. The summed E-state index contributed by atoms with van der Waals surface area (Å²) >= 11 is 0. The van der Waals surface area contributed by atoms with Gasteiger partial charge in [-0.3, -0.25) is 4.79 Å². The van der Waals surface area contributed by atoms with Crippen LogP contribution in [0.5, 0.6) is 0 Å². The van der Waals surface area contributed by atoms with E-state index in [1.165, 1.54) is 6.07 Å². The van der Waals surface area contributed by atoms with Crippen LogP contribution in [-0.4, -0.2) is 15.7 Å². The Kier molecular flexibility index (Phi) is 5.28. The molecule has 0 aliphatic rings. The van der Waals surface area contributed by atoms with Crippen LogP contribution in [0.3, 0.4) is 0 Å². The van der Waals surface area contributed by atoms with E-state index in [0.29, 0.717) is 10.2 Å². The van der Waals surface area contributed by atoms with E-state index in [-0.39, 0.29) is 22.5 Å². The number of carbonyl (C=O) groups is 1. The molecule has 1 atom stereocenters. The van der Waals surface area contributed by atoms with Crippen LogP contribution in [0.15, 0.2) is 12.1 Å². The van der Waals surface area contributed by atoms with Gasteiger partial charge in [-0.05, 0) is 24.0 Å². The summed E-state index contributed by atoms with van der Waals surface area (Å²) in [6.45, 7) is 0.979. The molecule has 2 aromatic rings. The summed E-state index contributed by atoms with van der Waals surface area (Å²) in [6.07, 6.45) is 3.78. The van der Waals surface area contributed by atoms with E-state index < -0.39 is 18.3 Å². The Hall–Kier alpha value is -2.05. The van der Waals surface area contributed by atoms with Crippen LogP contribution in [-0.2, 0) is 0 Å². The first-order chi connectivity index (χ1) is 10.9. The van der Waals surface area contributed by atoms with Crippen LogP contribution >= 0.6 is 0 Å². The third-order valence-corrected chi connectivity index (χ3v) is 3.99. The Bertz CT molecular complexity index is 712. The lowest BCUT2D eigenvalue weighted by Crippen LogP contribution is -2.13. The van der Waals surface area contributed by atoms with Crippen LogP contribution in [0.4, 0.5) is 13.2 Å². The van der Waals surface area contributed by atoms with Crippen molar-refractivity contribution in [2.45, 2.75) is 52.0 Å². The van der Waals surface area contributed by atoms with Crippen molar-refractivity contribution in [2.24, 2.45) is 5.73 Å². The van der Waals surface area contributed by atoms with Crippen molar-refractivity contribution >= 4 is 16.8 Å². The lowest BCUT2D eigenvalue weighted by Gasteiger charge is -2.14. The molecule has 126 valence electrons. The fourth-order valence-corrected chi connectivity index (χ4v) is 2.83. The Labute approximate surface area is 132 Å². The number of alkyl halides is 2. The third kappa shape index (κ3) is 3.48. The molecule has 0 saturated heterocycles. The van der Waals surface area contributed by atoms with E-state index in [0.717, 1.165) is 31.7 Å². The number of unbranched alkanes of at least 4 members (excludes halogenated alkanes) is 2. The minimum atomic E-state index is -2.98. The molecule has 2 N–H and O–H groups in total. The minimum absolute atomic E-state index is 0.0897. The van der Waals surface area contributed by atoms with E-state index >= 15 is 0 Å². The van der Waals surface area contributed by atoms with Crippen molar-refractivity contribution in [1.29, 1.82) is 0 Å². The summed E-state index contributed by atoms with van der Waals surface area (Å²) in [4.78, 5) is 11.6. The van der Waals surface area contributed by atoms with Gasteiger partial charge in [-0.1, -0.05) is 33.1 Å². The van der Waals surface area contributed by atoms with Crippen LogP contribution in [0, 0.1) is 5.82 Å². The molecule has 0 bridgehead atoms. The molecule has 0 spiro atoms. The van der Waals surface area contributed by atoms with Gasteiger partial charge >= 0.3 is 6.55 Å². The molecule has 1 unspecified atom stereocenters. The van der Waals surface area contributed by atoms with Gasteiger partial charge in [0.25, 0.3) is 5.91 Å². The van der Waals surface area contributed by atoms with Gasteiger partial charge in [0.05, 0.1) is 5.52 Å². The van der Waals surface area contributed by atoms with Crippen LogP contribution < -0.4 is 5.73 Å². The highest BCUT2D eigenvalue weighted by Crippen LogP contribution is 2.34. The highest BCUT2D eigenvalue weighted by atomic mass is 19.3. The summed E-state index contributed by atoms with van der Waals surface area (Å²) < 4.78 is 40.5. The monoisotopic (exact) mass is 327 g/mol. The molecule has 1 amide bonds. The van der Waals surface area contributed by atoms with E-state index in [9.17, 15) is 18.0 Å². The highest BCUT2D eigenvalue weighted by molar-refractivity contribution is 6.05. The molecule has 7 heteroatoms. The van der Waals surface area contributed by atoms with E-state index in [1.807, 2.05) is 6.92 Å². The number of hydrogen-bond acceptors (Lipinski definition) is 2. The summed E-state index contributed by atoms with van der Waals surface area (Å²) in [7, 11) is 0. The number of amides is 1. The van der Waals surface area contributed by atoms with Gasteiger partial charge in [0, 0.05) is 11.5 Å². The van der Waals surface area contributed by atoms with Crippen molar-refractivity contribution in [3.05, 3.63) is 29.2 Å². The second-order valence-electron chi connectivity index (χ2n) is 5.72. The lowest BCUT2D eigenvalue weighted by molar-refractivity contribution is 0.0608. The first kappa shape index (κ1) is 17.3. The molecule has 1 aromatic carbocycles. The molecular formula is C16H20F3N3O. The summed E-state index contributed by atoms with van der Waals surface area (Å²) in [6, 6.07) is 2.24. The molecule has 23 heavy (non-hydrogen) atoms. The number of fused-ring (bicyclic) bond motifs is 1. The highest BCUT2D eigenvalue weighted by Gasteiger charge is 2.24. The molecule has 0 aliphatic heterocycles. The number of primary amides is 1. The standard InChI is InChI=1S/C16H20F3N3O/c1-3-4-5-6-9(2)11-7-10(17)8-12-13(11)14(15(20)23)21-22(12)16(18)19/h7-9,16H,3-6H2,1-2H3,(H2,20,23). The summed E-state index contributed by atoms with van der Waals surface area (Å²) in [5.41, 5.74) is 5.42. The first-order valence-electron chi connectivity index (χ1n) is 7.66. The van der Waals surface area contributed by atoms with Crippen LogP contribution in [0.25, 0.3) is 10.9 Å². The fourth-order valence-electron chi connectivity index (χ4n) is 2.83. The number of nitrogens with two attached hydrogens (primary N) is 1. The molecule has 1 heterocycles.